The SMILES string of the molecule is CC(=O)OC1CCCCC1.[Na]. The summed E-state index contributed by atoms with van der Waals surface area (Å²) in [6.07, 6.45) is 6.11. The van der Waals surface area contributed by atoms with Crippen LogP contribution < -0.4 is 0 Å². The number of carbonyl (C=O) groups is 1. The van der Waals surface area contributed by atoms with E-state index in [9.17, 15) is 4.79 Å². The van der Waals surface area contributed by atoms with Gasteiger partial charge in [-0.2, -0.15) is 0 Å². The smallest absolute Gasteiger partial charge is 0.302 e. The van der Waals surface area contributed by atoms with Gasteiger partial charge in [0.1, 0.15) is 6.10 Å². The van der Waals surface area contributed by atoms with E-state index in [0.717, 1.165) is 12.8 Å². The molecule has 1 aliphatic rings. The Kier molecular flexibility index (Phi) is 6.30. The normalized spacial score (nSPS) is 18.6. The van der Waals surface area contributed by atoms with Gasteiger partial charge in [-0.15, -0.1) is 0 Å². The molecule has 0 spiro atoms. The molecule has 0 aromatic carbocycles. The second-order valence-corrected chi connectivity index (χ2v) is 2.87. The van der Waals surface area contributed by atoms with E-state index in [0.29, 0.717) is 0 Å². The Morgan fingerprint density at radius 2 is 1.82 bits per heavy atom. The van der Waals surface area contributed by atoms with Gasteiger partial charge in [-0.3, -0.25) is 4.79 Å². The van der Waals surface area contributed by atoms with Crippen molar-refractivity contribution in [3.05, 3.63) is 0 Å². The number of ether oxygens (including phenoxy) is 1. The van der Waals surface area contributed by atoms with Crippen LogP contribution in [-0.2, 0) is 9.53 Å². The van der Waals surface area contributed by atoms with Crippen molar-refractivity contribution in [1.29, 1.82) is 0 Å². The molecular formula is C8H14NaO2. The Hall–Kier alpha value is 0.470. The maximum atomic E-state index is 10.5. The molecule has 11 heavy (non-hydrogen) atoms. The average molecular weight is 165 g/mol. The molecule has 1 fully saturated rings. The predicted molar refractivity (Wildman–Crippen MR) is 44.4 cm³/mol. The molecule has 0 amide bonds. The van der Waals surface area contributed by atoms with Crippen LogP contribution in [0.25, 0.3) is 0 Å². The van der Waals surface area contributed by atoms with E-state index in [2.05, 4.69) is 0 Å². The Labute approximate surface area is 90.0 Å². The van der Waals surface area contributed by atoms with Crippen LogP contribution in [0.4, 0.5) is 0 Å². The maximum Gasteiger partial charge on any atom is 0.302 e. The molecule has 1 rings (SSSR count). The molecule has 0 aromatic rings. The van der Waals surface area contributed by atoms with Crippen molar-refractivity contribution in [2.24, 2.45) is 0 Å². The van der Waals surface area contributed by atoms with Gasteiger partial charge >= 0.3 is 5.97 Å². The van der Waals surface area contributed by atoms with Crippen molar-refractivity contribution in [3.63, 3.8) is 0 Å². The van der Waals surface area contributed by atoms with E-state index in [-0.39, 0.29) is 41.6 Å². The molecule has 0 atom stereocenters. The number of hydrogen-bond acceptors (Lipinski definition) is 2. The third-order valence-electron chi connectivity index (χ3n) is 1.88. The van der Waals surface area contributed by atoms with E-state index >= 15 is 0 Å². The topological polar surface area (TPSA) is 26.3 Å². The minimum atomic E-state index is -0.132. The first-order valence-corrected chi connectivity index (χ1v) is 3.96. The summed E-state index contributed by atoms with van der Waals surface area (Å²) in [5.41, 5.74) is 0. The van der Waals surface area contributed by atoms with Gasteiger partial charge in [-0.05, 0) is 25.7 Å². The molecular weight excluding hydrogens is 151 g/mol. The molecule has 0 saturated heterocycles. The maximum absolute atomic E-state index is 10.5. The molecule has 0 bridgehead atoms. The Morgan fingerprint density at radius 1 is 1.27 bits per heavy atom. The average Bonchev–Trinajstić information content (AvgIpc) is 1.88. The van der Waals surface area contributed by atoms with Crippen molar-refractivity contribution in [3.8, 4) is 0 Å². The van der Waals surface area contributed by atoms with Crippen molar-refractivity contribution in [2.45, 2.75) is 45.1 Å². The fourth-order valence-electron chi connectivity index (χ4n) is 1.42. The number of hydrogen-bond donors (Lipinski definition) is 0. The molecule has 0 aliphatic heterocycles. The molecule has 59 valence electrons. The summed E-state index contributed by atoms with van der Waals surface area (Å²) in [7, 11) is 0. The third-order valence-corrected chi connectivity index (χ3v) is 1.88. The van der Waals surface area contributed by atoms with Crippen LogP contribution in [0.15, 0.2) is 0 Å². The first-order valence-electron chi connectivity index (χ1n) is 3.96. The molecule has 0 heterocycles. The van der Waals surface area contributed by atoms with E-state index in [1.54, 1.807) is 0 Å². The van der Waals surface area contributed by atoms with Crippen LogP contribution in [0.3, 0.4) is 0 Å². The predicted octanol–water partition coefficient (Wildman–Crippen LogP) is 1.50. The van der Waals surface area contributed by atoms with Crippen LogP contribution >= 0.6 is 0 Å². The van der Waals surface area contributed by atoms with Crippen LogP contribution in [0, 0.1) is 0 Å². The van der Waals surface area contributed by atoms with Gasteiger partial charge in [0, 0.05) is 36.5 Å². The van der Waals surface area contributed by atoms with Gasteiger partial charge in [0.15, 0.2) is 0 Å². The summed E-state index contributed by atoms with van der Waals surface area (Å²) in [6, 6.07) is 0. The molecule has 1 radical (unpaired) electrons. The van der Waals surface area contributed by atoms with E-state index in [4.69, 9.17) is 4.74 Å². The summed E-state index contributed by atoms with van der Waals surface area (Å²) < 4.78 is 5.05. The zero-order valence-corrected chi connectivity index (χ0v) is 9.43. The Bertz CT molecular complexity index is 119. The molecule has 1 aliphatic carbocycles. The Morgan fingerprint density at radius 3 is 2.27 bits per heavy atom. The van der Waals surface area contributed by atoms with Crippen molar-refractivity contribution >= 4 is 35.5 Å². The quantitative estimate of drug-likeness (QED) is 0.434. The van der Waals surface area contributed by atoms with Gasteiger partial charge in [-0.25, -0.2) is 0 Å². The van der Waals surface area contributed by atoms with Gasteiger partial charge < -0.3 is 4.74 Å². The second-order valence-electron chi connectivity index (χ2n) is 2.87. The van der Waals surface area contributed by atoms with Gasteiger partial charge in [0.2, 0.25) is 0 Å². The summed E-state index contributed by atoms with van der Waals surface area (Å²) >= 11 is 0. The van der Waals surface area contributed by atoms with Gasteiger partial charge in [0.25, 0.3) is 0 Å². The first-order chi connectivity index (χ1) is 4.79. The van der Waals surface area contributed by atoms with Gasteiger partial charge in [0.05, 0.1) is 0 Å². The monoisotopic (exact) mass is 165 g/mol. The number of rotatable bonds is 1. The van der Waals surface area contributed by atoms with E-state index in [1.807, 2.05) is 0 Å². The van der Waals surface area contributed by atoms with Crippen molar-refractivity contribution in [1.82, 2.24) is 0 Å². The summed E-state index contributed by atoms with van der Waals surface area (Å²) in [6.45, 7) is 1.48. The van der Waals surface area contributed by atoms with E-state index in [1.165, 1.54) is 26.2 Å². The minimum Gasteiger partial charge on any atom is -0.463 e. The number of carbonyl (C=O) groups excluding carboxylic acids is 1. The van der Waals surface area contributed by atoms with Crippen LogP contribution in [-0.4, -0.2) is 41.6 Å². The number of esters is 1. The summed E-state index contributed by atoms with van der Waals surface area (Å²) in [4.78, 5) is 10.5. The van der Waals surface area contributed by atoms with Crippen molar-refractivity contribution < 1.29 is 9.53 Å². The van der Waals surface area contributed by atoms with Gasteiger partial charge in [-0.1, -0.05) is 6.42 Å². The third kappa shape index (κ3) is 4.83. The summed E-state index contributed by atoms with van der Waals surface area (Å²) in [5, 5.41) is 0. The first kappa shape index (κ1) is 11.5. The molecule has 2 nitrogen and oxygen atoms in total. The molecule has 0 N–H and O–H groups in total. The fourth-order valence-corrected chi connectivity index (χ4v) is 1.42. The van der Waals surface area contributed by atoms with E-state index < -0.39 is 0 Å². The zero-order chi connectivity index (χ0) is 7.40. The summed E-state index contributed by atoms with van der Waals surface area (Å²) in [5.74, 6) is -0.132. The molecule has 1 saturated carbocycles. The minimum absolute atomic E-state index is 0. The molecule has 0 unspecified atom stereocenters. The second kappa shape index (κ2) is 6.04. The largest absolute Gasteiger partial charge is 0.463 e. The van der Waals surface area contributed by atoms with Crippen molar-refractivity contribution in [2.75, 3.05) is 0 Å². The molecule has 0 aromatic heterocycles. The van der Waals surface area contributed by atoms with Crippen LogP contribution in [0.2, 0.25) is 0 Å². The molecule has 3 heteroatoms. The zero-order valence-electron chi connectivity index (χ0n) is 7.43. The van der Waals surface area contributed by atoms with Crippen LogP contribution in [0.1, 0.15) is 39.0 Å². The fraction of sp³-hybridized carbons (Fsp3) is 0.875. The van der Waals surface area contributed by atoms with Crippen LogP contribution in [0.5, 0.6) is 0 Å². The Balaban J connectivity index is 0.000001000. The standard InChI is InChI=1S/C8H14O2.Na/c1-7(9)10-8-5-3-2-4-6-8;/h8H,2-6H2,1H3;.